The van der Waals surface area contributed by atoms with Crippen LogP contribution in [0.4, 0.5) is 8.78 Å². The molecule has 1 atom stereocenters. The van der Waals surface area contributed by atoms with Crippen molar-refractivity contribution in [3.63, 3.8) is 0 Å². The molecule has 1 unspecified atom stereocenters. The van der Waals surface area contributed by atoms with E-state index in [9.17, 15) is 13.9 Å². The molecule has 2 rings (SSSR count). The summed E-state index contributed by atoms with van der Waals surface area (Å²) in [6.45, 7) is 0. The molecule has 0 radical (unpaired) electrons. The molecule has 1 heterocycles. The van der Waals surface area contributed by atoms with E-state index in [1.807, 2.05) is 0 Å². The van der Waals surface area contributed by atoms with Crippen molar-refractivity contribution in [1.29, 1.82) is 0 Å². The monoisotopic (exact) mass is 269 g/mol. The van der Waals surface area contributed by atoms with Crippen molar-refractivity contribution < 1.29 is 13.9 Å². The Bertz CT molecular complexity index is 562. The van der Waals surface area contributed by atoms with Crippen LogP contribution in [0.2, 0.25) is 5.02 Å². The summed E-state index contributed by atoms with van der Waals surface area (Å²) in [7, 11) is 0. The van der Waals surface area contributed by atoms with Gasteiger partial charge in [0.15, 0.2) is 11.6 Å². The van der Waals surface area contributed by atoms with Gasteiger partial charge in [0.1, 0.15) is 0 Å². The van der Waals surface area contributed by atoms with Crippen LogP contribution in [0.25, 0.3) is 0 Å². The van der Waals surface area contributed by atoms with E-state index in [-0.39, 0.29) is 12.0 Å². The molecule has 0 spiro atoms. The van der Waals surface area contributed by atoms with Gasteiger partial charge in [-0.25, -0.2) is 8.78 Å². The number of aliphatic hydroxyl groups excluding tert-OH is 1. The second kappa shape index (κ2) is 5.42. The van der Waals surface area contributed by atoms with Crippen molar-refractivity contribution >= 4 is 11.6 Å². The average molecular weight is 270 g/mol. The van der Waals surface area contributed by atoms with E-state index in [4.69, 9.17) is 11.6 Å². The highest BCUT2D eigenvalue weighted by molar-refractivity contribution is 6.31. The number of hydrogen-bond acceptors (Lipinski definition) is 2. The van der Waals surface area contributed by atoms with Crippen LogP contribution >= 0.6 is 11.6 Å². The van der Waals surface area contributed by atoms with Gasteiger partial charge in [0.2, 0.25) is 0 Å². The standard InChI is InChI=1S/C13H10ClF2NO/c14-10-7-17-5-4-8(10)6-12(18)9-2-1-3-11(15)13(9)16/h1-5,7,12,18H,6H2. The third-order valence-electron chi connectivity index (χ3n) is 2.61. The summed E-state index contributed by atoms with van der Waals surface area (Å²) in [5, 5.41) is 10.3. The van der Waals surface area contributed by atoms with Crippen LogP contribution in [-0.2, 0) is 6.42 Å². The summed E-state index contributed by atoms with van der Waals surface area (Å²) < 4.78 is 26.5. The Morgan fingerprint density at radius 2 is 2.06 bits per heavy atom. The number of pyridine rings is 1. The predicted molar refractivity (Wildman–Crippen MR) is 64.3 cm³/mol. The van der Waals surface area contributed by atoms with E-state index >= 15 is 0 Å². The lowest BCUT2D eigenvalue weighted by Crippen LogP contribution is -2.06. The molecule has 1 aromatic heterocycles. The van der Waals surface area contributed by atoms with Crippen LogP contribution < -0.4 is 0 Å². The first kappa shape index (κ1) is 12.9. The van der Waals surface area contributed by atoms with Crippen molar-refractivity contribution in [2.45, 2.75) is 12.5 Å². The maximum Gasteiger partial charge on any atom is 0.164 e. The summed E-state index contributed by atoms with van der Waals surface area (Å²) in [5.74, 6) is -2.01. The van der Waals surface area contributed by atoms with Gasteiger partial charge in [-0.15, -0.1) is 0 Å². The maximum atomic E-state index is 13.5. The zero-order valence-electron chi connectivity index (χ0n) is 9.28. The fourth-order valence-corrected chi connectivity index (χ4v) is 1.86. The maximum absolute atomic E-state index is 13.5. The highest BCUT2D eigenvalue weighted by Gasteiger charge is 2.17. The summed E-state index contributed by atoms with van der Waals surface area (Å²) in [4.78, 5) is 3.81. The summed E-state index contributed by atoms with van der Waals surface area (Å²) in [6, 6.07) is 5.33. The van der Waals surface area contributed by atoms with Gasteiger partial charge in [0.25, 0.3) is 0 Å². The van der Waals surface area contributed by atoms with Gasteiger partial charge in [-0.3, -0.25) is 4.98 Å². The normalized spacial score (nSPS) is 12.4. The zero-order valence-corrected chi connectivity index (χ0v) is 10.0. The van der Waals surface area contributed by atoms with Gasteiger partial charge in [-0.05, 0) is 17.7 Å². The highest BCUT2D eigenvalue weighted by atomic mass is 35.5. The van der Waals surface area contributed by atoms with Crippen LogP contribution in [0.1, 0.15) is 17.2 Å². The lowest BCUT2D eigenvalue weighted by Gasteiger charge is -2.13. The number of benzene rings is 1. The smallest absolute Gasteiger partial charge is 0.164 e. The average Bonchev–Trinajstić information content (AvgIpc) is 2.35. The third kappa shape index (κ3) is 2.66. The van der Waals surface area contributed by atoms with Crippen LogP contribution in [0.15, 0.2) is 36.7 Å². The van der Waals surface area contributed by atoms with Gasteiger partial charge in [0.05, 0.1) is 11.1 Å². The molecule has 1 N–H and O–H groups in total. The first-order valence-corrected chi connectivity index (χ1v) is 5.67. The minimum Gasteiger partial charge on any atom is -0.388 e. The van der Waals surface area contributed by atoms with E-state index in [1.54, 1.807) is 6.07 Å². The minimum atomic E-state index is -1.15. The number of halogens is 3. The SMILES string of the molecule is OC(Cc1ccncc1Cl)c1cccc(F)c1F. The summed E-state index contributed by atoms with van der Waals surface area (Å²) in [6.07, 6.45) is 1.91. The molecule has 2 aromatic rings. The highest BCUT2D eigenvalue weighted by Crippen LogP contribution is 2.25. The molecule has 0 saturated carbocycles. The Morgan fingerprint density at radius 1 is 1.28 bits per heavy atom. The predicted octanol–water partition coefficient (Wildman–Crippen LogP) is 3.29. The molecule has 0 amide bonds. The number of nitrogens with zero attached hydrogens (tertiary/aromatic N) is 1. The van der Waals surface area contributed by atoms with Crippen LogP contribution in [0.5, 0.6) is 0 Å². The summed E-state index contributed by atoms with van der Waals surface area (Å²) in [5.41, 5.74) is 0.547. The molecule has 5 heteroatoms. The topological polar surface area (TPSA) is 33.1 Å². The number of hydrogen-bond donors (Lipinski definition) is 1. The van der Waals surface area contributed by atoms with E-state index < -0.39 is 17.7 Å². The molecule has 0 aliphatic carbocycles. The fraction of sp³-hybridized carbons (Fsp3) is 0.154. The summed E-state index contributed by atoms with van der Waals surface area (Å²) >= 11 is 5.89. The molecule has 0 aliphatic rings. The van der Waals surface area contributed by atoms with E-state index in [0.29, 0.717) is 10.6 Å². The lowest BCUT2D eigenvalue weighted by molar-refractivity contribution is 0.172. The fourth-order valence-electron chi connectivity index (χ4n) is 1.67. The van der Waals surface area contributed by atoms with Crippen molar-refractivity contribution in [1.82, 2.24) is 4.98 Å². The van der Waals surface area contributed by atoms with Crippen LogP contribution in [0, 0.1) is 11.6 Å². The van der Waals surface area contributed by atoms with Gasteiger partial charge >= 0.3 is 0 Å². The number of aliphatic hydroxyl groups is 1. The van der Waals surface area contributed by atoms with Crippen molar-refractivity contribution in [3.05, 3.63) is 64.4 Å². The van der Waals surface area contributed by atoms with Gasteiger partial charge < -0.3 is 5.11 Å². The lowest BCUT2D eigenvalue weighted by atomic mass is 10.0. The Hall–Kier alpha value is -1.52. The van der Waals surface area contributed by atoms with Crippen LogP contribution in [-0.4, -0.2) is 10.1 Å². The van der Waals surface area contributed by atoms with E-state index in [2.05, 4.69) is 4.98 Å². The van der Waals surface area contributed by atoms with Gasteiger partial charge in [-0.2, -0.15) is 0 Å². The second-order valence-electron chi connectivity index (χ2n) is 3.83. The Morgan fingerprint density at radius 3 is 2.78 bits per heavy atom. The Labute approximate surface area is 108 Å². The molecule has 1 aromatic carbocycles. The molecule has 0 bridgehead atoms. The first-order chi connectivity index (χ1) is 8.59. The third-order valence-corrected chi connectivity index (χ3v) is 2.95. The molecule has 2 nitrogen and oxygen atoms in total. The molecule has 0 saturated heterocycles. The van der Waals surface area contributed by atoms with E-state index in [1.165, 1.54) is 24.5 Å². The van der Waals surface area contributed by atoms with Gasteiger partial charge in [0, 0.05) is 24.4 Å². The minimum absolute atomic E-state index is 0.0807. The zero-order chi connectivity index (χ0) is 13.1. The number of rotatable bonds is 3. The van der Waals surface area contributed by atoms with Crippen LogP contribution in [0.3, 0.4) is 0 Å². The number of aromatic nitrogens is 1. The van der Waals surface area contributed by atoms with Crippen molar-refractivity contribution in [2.24, 2.45) is 0 Å². The Kier molecular flexibility index (Phi) is 3.89. The second-order valence-corrected chi connectivity index (χ2v) is 4.24. The molecule has 18 heavy (non-hydrogen) atoms. The quantitative estimate of drug-likeness (QED) is 0.927. The molecule has 0 aliphatic heterocycles. The van der Waals surface area contributed by atoms with Crippen molar-refractivity contribution in [3.8, 4) is 0 Å². The van der Waals surface area contributed by atoms with Gasteiger partial charge in [-0.1, -0.05) is 23.7 Å². The molecular formula is C13H10ClF2NO. The molecule has 94 valence electrons. The molecule has 0 fully saturated rings. The van der Waals surface area contributed by atoms with Crippen molar-refractivity contribution in [2.75, 3.05) is 0 Å². The Balaban J connectivity index is 2.25. The first-order valence-electron chi connectivity index (χ1n) is 5.30. The van der Waals surface area contributed by atoms with E-state index in [0.717, 1.165) is 6.07 Å². The molecular weight excluding hydrogens is 260 g/mol. The largest absolute Gasteiger partial charge is 0.388 e.